The van der Waals surface area contributed by atoms with Gasteiger partial charge in [-0.1, -0.05) is 42.8 Å². The molecule has 0 radical (unpaired) electrons. The van der Waals surface area contributed by atoms with E-state index >= 15 is 0 Å². The van der Waals surface area contributed by atoms with Gasteiger partial charge in [-0.25, -0.2) is 0 Å². The molecule has 0 aliphatic heterocycles. The van der Waals surface area contributed by atoms with Crippen LogP contribution in [0.15, 0.2) is 22.7 Å². The molecule has 1 N–H and O–H groups in total. The Morgan fingerprint density at radius 2 is 2.10 bits per heavy atom. The molecule has 0 bridgehead atoms. The summed E-state index contributed by atoms with van der Waals surface area (Å²) in [6, 6.07) is 7.48. The summed E-state index contributed by atoms with van der Waals surface area (Å²) < 4.78 is 1.18. The number of hydrogen-bond donors (Lipinski definition) is 1. The van der Waals surface area contributed by atoms with Crippen LogP contribution >= 0.6 is 15.9 Å². The first-order valence-electron chi connectivity index (χ1n) is 7.87. The topological polar surface area (TPSA) is 15.3 Å². The highest BCUT2D eigenvalue weighted by Crippen LogP contribution is 2.35. The molecule has 112 valence electrons. The largest absolute Gasteiger partial charge is 0.368 e. The number of benzene rings is 1. The maximum atomic E-state index is 3.64. The van der Waals surface area contributed by atoms with E-state index in [1.54, 1.807) is 0 Å². The van der Waals surface area contributed by atoms with Crippen LogP contribution in [-0.2, 0) is 6.54 Å². The maximum absolute atomic E-state index is 3.64. The van der Waals surface area contributed by atoms with E-state index in [9.17, 15) is 0 Å². The lowest BCUT2D eigenvalue weighted by atomic mass is 10.1. The third-order valence-corrected chi connectivity index (χ3v) is 4.35. The minimum absolute atomic E-state index is 0.764. The van der Waals surface area contributed by atoms with Gasteiger partial charge in [0.1, 0.15) is 0 Å². The van der Waals surface area contributed by atoms with Crippen LogP contribution in [0.25, 0.3) is 0 Å². The molecule has 0 spiro atoms. The lowest BCUT2D eigenvalue weighted by Gasteiger charge is -2.28. The van der Waals surface area contributed by atoms with Crippen LogP contribution in [0, 0.1) is 5.92 Å². The smallest absolute Gasteiger partial charge is 0.0425 e. The molecule has 2 nitrogen and oxygen atoms in total. The lowest BCUT2D eigenvalue weighted by Crippen LogP contribution is -2.29. The van der Waals surface area contributed by atoms with E-state index in [0.29, 0.717) is 0 Å². The fraction of sp³-hybridized carbons (Fsp3) is 0.647. The minimum atomic E-state index is 0.764. The zero-order valence-electron chi connectivity index (χ0n) is 13.0. The fourth-order valence-corrected chi connectivity index (χ4v) is 2.85. The molecule has 1 aliphatic rings. The van der Waals surface area contributed by atoms with Crippen LogP contribution in [0.5, 0.6) is 0 Å². The van der Waals surface area contributed by atoms with Gasteiger partial charge in [-0.15, -0.1) is 0 Å². The van der Waals surface area contributed by atoms with Crippen molar-refractivity contribution in [1.82, 2.24) is 5.32 Å². The Morgan fingerprint density at radius 1 is 1.35 bits per heavy atom. The quantitative estimate of drug-likeness (QED) is 0.746. The molecule has 1 aliphatic carbocycles. The average Bonchev–Trinajstić information content (AvgIpc) is 3.22. The second-order valence-corrected chi connectivity index (χ2v) is 7.08. The number of nitrogens with zero attached hydrogens (tertiary/aromatic N) is 1. The first kappa shape index (κ1) is 15.8. The predicted octanol–water partition coefficient (Wildman–Crippen LogP) is 4.57. The van der Waals surface area contributed by atoms with Crippen molar-refractivity contribution in [1.29, 1.82) is 0 Å². The molecule has 0 unspecified atom stereocenters. The molecule has 0 heterocycles. The van der Waals surface area contributed by atoms with Crippen LogP contribution in [0.1, 0.15) is 45.6 Å². The van der Waals surface area contributed by atoms with Gasteiger partial charge in [-0.05, 0) is 49.4 Å². The van der Waals surface area contributed by atoms with Crippen molar-refractivity contribution in [3.8, 4) is 0 Å². The molecule has 1 fully saturated rings. The summed E-state index contributed by atoms with van der Waals surface area (Å²) >= 11 is 3.64. The van der Waals surface area contributed by atoms with Crippen molar-refractivity contribution in [3.63, 3.8) is 0 Å². The monoisotopic (exact) mass is 338 g/mol. The number of anilines is 1. The SMILES string of the molecule is CCNCc1ccc(Br)cc1N(CCC(C)C)C1CC1. The van der Waals surface area contributed by atoms with Gasteiger partial charge in [0.25, 0.3) is 0 Å². The number of halogens is 1. The van der Waals surface area contributed by atoms with Crippen molar-refractivity contribution in [2.24, 2.45) is 5.92 Å². The van der Waals surface area contributed by atoms with Crippen molar-refractivity contribution < 1.29 is 0 Å². The van der Waals surface area contributed by atoms with Gasteiger partial charge in [0.2, 0.25) is 0 Å². The Bertz CT molecular complexity index is 427. The third-order valence-electron chi connectivity index (χ3n) is 3.86. The molecule has 0 aromatic heterocycles. The molecular formula is C17H27BrN2. The van der Waals surface area contributed by atoms with Gasteiger partial charge in [-0.2, -0.15) is 0 Å². The molecule has 0 amide bonds. The Kier molecular flexibility index (Phi) is 5.91. The standard InChI is InChI=1S/C17H27BrN2/c1-4-19-12-14-5-6-15(18)11-17(14)20(16-7-8-16)10-9-13(2)3/h5-6,11,13,16,19H,4,7-10,12H2,1-3H3. The second-order valence-electron chi connectivity index (χ2n) is 6.16. The highest BCUT2D eigenvalue weighted by Gasteiger charge is 2.30. The summed E-state index contributed by atoms with van der Waals surface area (Å²) in [5, 5.41) is 3.46. The summed E-state index contributed by atoms with van der Waals surface area (Å²) in [5.74, 6) is 0.764. The molecule has 20 heavy (non-hydrogen) atoms. The van der Waals surface area contributed by atoms with E-state index in [1.165, 1.54) is 41.5 Å². The summed E-state index contributed by atoms with van der Waals surface area (Å²) in [6.07, 6.45) is 3.97. The van der Waals surface area contributed by atoms with Gasteiger partial charge in [0.15, 0.2) is 0 Å². The number of rotatable bonds is 8. The highest BCUT2D eigenvalue weighted by atomic mass is 79.9. The normalized spacial score (nSPS) is 14.8. The van der Waals surface area contributed by atoms with Crippen LogP contribution in [0.4, 0.5) is 5.69 Å². The Morgan fingerprint density at radius 3 is 2.70 bits per heavy atom. The van der Waals surface area contributed by atoms with Gasteiger partial charge in [0, 0.05) is 29.3 Å². The molecule has 1 aromatic rings. The summed E-state index contributed by atoms with van der Waals surface area (Å²) in [7, 11) is 0. The zero-order chi connectivity index (χ0) is 14.5. The van der Waals surface area contributed by atoms with Crippen LogP contribution in [0.3, 0.4) is 0 Å². The Labute approximate surface area is 132 Å². The summed E-state index contributed by atoms with van der Waals surface area (Å²) in [6.45, 7) is 9.94. The minimum Gasteiger partial charge on any atom is -0.368 e. The lowest BCUT2D eigenvalue weighted by molar-refractivity contribution is 0.569. The van der Waals surface area contributed by atoms with E-state index in [1.807, 2.05) is 0 Å². The predicted molar refractivity (Wildman–Crippen MR) is 91.3 cm³/mol. The molecule has 1 saturated carbocycles. The molecule has 1 aromatic carbocycles. The van der Waals surface area contributed by atoms with Crippen LogP contribution in [-0.4, -0.2) is 19.1 Å². The van der Waals surface area contributed by atoms with Gasteiger partial charge in [-0.3, -0.25) is 0 Å². The molecule has 0 saturated heterocycles. The van der Waals surface area contributed by atoms with Gasteiger partial charge >= 0.3 is 0 Å². The second kappa shape index (κ2) is 7.46. The van der Waals surface area contributed by atoms with E-state index in [4.69, 9.17) is 0 Å². The maximum Gasteiger partial charge on any atom is 0.0425 e. The number of nitrogens with one attached hydrogen (secondary N) is 1. The summed E-state index contributed by atoms with van der Waals surface area (Å²) in [5.41, 5.74) is 2.84. The van der Waals surface area contributed by atoms with E-state index in [-0.39, 0.29) is 0 Å². The third kappa shape index (κ3) is 4.49. The first-order chi connectivity index (χ1) is 9.61. The van der Waals surface area contributed by atoms with E-state index < -0.39 is 0 Å². The average molecular weight is 339 g/mol. The van der Waals surface area contributed by atoms with Crippen molar-refractivity contribution >= 4 is 21.6 Å². The highest BCUT2D eigenvalue weighted by molar-refractivity contribution is 9.10. The van der Waals surface area contributed by atoms with Crippen LogP contribution < -0.4 is 10.2 Å². The molecule has 0 atom stereocenters. The summed E-state index contributed by atoms with van der Waals surface area (Å²) in [4.78, 5) is 2.64. The molecular weight excluding hydrogens is 312 g/mol. The first-order valence-corrected chi connectivity index (χ1v) is 8.67. The molecule has 3 heteroatoms. The van der Waals surface area contributed by atoms with Crippen molar-refractivity contribution in [3.05, 3.63) is 28.2 Å². The van der Waals surface area contributed by atoms with Crippen LogP contribution in [0.2, 0.25) is 0 Å². The van der Waals surface area contributed by atoms with Gasteiger partial charge in [0.05, 0.1) is 0 Å². The van der Waals surface area contributed by atoms with Crippen molar-refractivity contribution in [2.75, 3.05) is 18.0 Å². The fourth-order valence-electron chi connectivity index (χ4n) is 2.50. The van der Waals surface area contributed by atoms with E-state index in [0.717, 1.165) is 25.0 Å². The molecule has 2 rings (SSSR count). The van der Waals surface area contributed by atoms with Crippen molar-refractivity contribution in [2.45, 2.75) is 52.6 Å². The number of hydrogen-bond acceptors (Lipinski definition) is 2. The Hall–Kier alpha value is -0.540. The van der Waals surface area contributed by atoms with Gasteiger partial charge < -0.3 is 10.2 Å². The Balaban J connectivity index is 2.18. The van der Waals surface area contributed by atoms with E-state index in [2.05, 4.69) is 65.1 Å². The zero-order valence-corrected chi connectivity index (χ0v) is 14.5.